The van der Waals surface area contributed by atoms with E-state index in [-0.39, 0.29) is 35.0 Å². The summed E-state index contributed by atoms with van der Waals surface area (Å²) in [4.78, 5) is 24.6. The van der Waals surface area contributed by atoms with Gasteiger partial charge in [-0.05, 0) is 77.6 Å². The number of ether oxygens (including phenoxy) is 3. The Morgan fingerprint density at radius 1 is 0.800 bits per heavy atom. The highest BCUT2D eigenvalue weighted by molar-refractivity contribution is 7.85. The van der Waals surface area contributed by atoms with Crippen LogP contribution in [0.25, 0.3) is 0 Å². The first-order valence-electron chi connectivity index (χ1n) is 13.5. The first-order chi connectivity index (χ1) is 19.3. The summed E-state index contributed by atoms with van der Waals surface area (Å²) in [5, 5.41) is 0. The van der Waals surface area contributed by atoms with E-state index in [4.69, 9.17) is 14.2 Å². The molecule has 4 aliphatic carbocycles. The SMILES string of the molecule is O=C(COCC(=O)Oc1ccc(S(=O)(=O)[O-])c2c1CCCC2)OCC1CC2c3ccccc3C1c1ccccc12. The number of carbonyl (C=O) groups excluding carboxylic acids is 2. The van der Waals surface area contributed by atoms with Crippen molar-refractivity contribution in [2.75, 3.05) is 19.8 Å². The summed E-state index contributed by atoms with van der Waals surface area (Å²) < 4.78 is 51.1. The van der Waals surface area contributed by atoms with Crippen LogP contribution in [0.4, 0.5) is 0 Å². The fourth-order valence-electron chi connectivity index (χ4n) is 6.67. The van der Waals surface area contributed by atoms with Crippen molar-refractivity contribution in [1.29, 1.82) is 0 Å². The quantitative estimate of drug-likeness (QED) is 0.228. The van der Waals surface area contributed by atoms with Gasteiger partial charge in [-0.1, -0.05) is 48.5 Å². The second-order valence-corrected chi connectivity index (χ2v) is 12.0. The van der Waals surface area contributed by atoms with Crippen molar-refractivity contribution in [3.63, 3.8) is 0 Å². The van der Waals surface area contributed by atoms with Gasteiger partial charge >= 0.3 is 11.9 Å². The number of esters is 2. The molecule has 0 saturated carbocycles. The number of hydrogen-bond acceptors (Lipinski definition) is 8. The monoisotopic (exact) mass is 561 g/mol. The first-order valence-corrected chi connectivity index (χ1v) is 14.9. The van der Waals surface area contributed by atoms with Gasteiger partial charge < -0.3 is 18.8 Å². The minimum Gasteiger partial charge on any atom is -0.744 e. The molecular weight excluding hydrogens is 532 g/mol. The van der Waals surface area contributed by atoms with Crippen molar-refractivity contribution in [1.82, 2.24) is 0 Å². The molecule has 0 heterocycles. The maximum absolute atomic E-state index is 12.5. The largest absolute Gasteiger partial charge is 0.744 e. The lowest BCUT2D eigenvalue weighted by Gasteiger charge is -2.45. The molecule has 3 aromatic carbocycles. The number of carbonyl (C=O) groups is 2. The molecule has 208 valence electrons. The van der Waals surface area contributed by atoms with Gasteiger partial charge in [0, 0.05) is 17.8 Å². The van der Waals surface area contributed by atoms with E-state index in [1.807, 2.05) is 12.1 Å². The van der Waals surface area contributed by atoms with Crippen molar-refractivity contribution in [2.45, 2.75) is 48.8 Å². The molecule has 0 spiro atoms. The number of benzene rings is 3. The van der Waals surface area contributed by atoms with E-state index in [9.17, 15) is 22.6 Å². The van der Waals surface area contributed by atoms with Crippen LogP contribution in [0, 0.1) is 5.92 Å². The average molecular weight is 562 g/mol. The Hall–Kier alpha value is -3.53. The van der Waals surface area contributed by atoms with Crippen LogP contribution < -0.4 is 4.74 Å². The second-order valence-electron chi connectivity index (χ2n) is 10.6. The molecule has 1 atom stereocenters. The summed E-state index contributed by atoms with van der Waals surface area (Å²) in [7, 11) is -4.63. The lowest BCUT2D eigenvalue weighted by molar-refractivity contribution is -0.153. The Morgan fingerprint density at radius 2 is 1.40 bits per heavy atom. The normalized spacial score (nSPS) is 20.7. The maximum Gasteiger partial charge on any atom is 0.337 e. The predicted molar refractivity (Wildman–Crippen MR) is 143 cm³/mol. The third kappa shape index (κ3) is 5.05. The highest BCUT2D eigenvalue weighted by atomic mass is 32.2. The number of rotatable bonds is 8. The fourth-order valence-corrected chi connectivity index (χ4v) is 7.43. The lowest BCUT2D eigenvalue weighted by Crippen LogP contribution is -2.35. The molecule has 7 rings (SSSR count). The molecule has 1 unspecified atom stereocenters. The molecule has 0 radical (unpaired) electrons. The van der Waals surface area contributed by atoms with Crippen LogP contribution in [-0.2, 0) is 42.0 Å². The van der Waals surface area contributed by atoms with Crippen LogP contribution in [0.2, 0.25) is 0 Å². The Morgan fingerprint density at radius 3 is 2.05 bits per heavy atom. The van der Waals surface area contributed by atoms with Crippen molar-refractivity contribution >= 4 is 22.1 Å². The maximum atomic E-state index is 12.5. The molecule has 0 N–H and O–H groups in total. The molecule has 4 aliphatic rings. The van der Waals surface area contributed by atoms with Gasteiger partial charge in [0.05, 0.1) is 11.5 Å². The van der Waals surface area contributed by atoms with Gasteiger partial charge in [-0.2, -0.15) is 0 Å². The number of fused-ring (bicyclic) bond motifs is 2. The highest BCUT2D eigenvalue weighted by Crippen LogP contribution is 2.55. The van der Waals surface area contributed by atoms with Gasteiger partial charge in [0.15, 0.2) is 0 Å². The molecule has 2 bridgehead atoms. The van der Waals surface area contributed by atoms with Crippen LogP contribution in [-0.4, -0.2) is 44.7 Å². The summed E-state index contributed by atoms with van der Waals surface area (Å²) in [6.07, 6.45) is 3.38. The van der Waals surface area contributed by atoms with Crippen LogP contribution >= 0.6 is 0 Å². The molecule has 3 aromatic rings. The molecule has 0 aromatic heterocycles. The van der Waals surface area contributed by atoms with E-state index in [0.29, 0.717) is 24.0 Å². The minimum atomic E-state index is -4.63. The third-order valence-corrected chi connectivity index (χ3v) is 9.18. The Balaban J connectivity index is 1.03. The van der Waals surface area contributed by atoms with E-state index < -0.39 is 35.3 Å². The van der Waals surface area contributed by atoms with Crippen molar-refractivity contribution < 1.29 is 36.8 Å². The lowest BCUT2D eigenvalue weighted by atomic mass is 9.59. The van der Waals surface area contributed by atoms with E-state index in [0.717, 1.165) is 19.3 Å². The first kappa shape index (κ1) is 26.7. The third-order valence-electron chi connectivity index (χ3n) is 8.26. The molecular formula is C31H29O8S-. The van der Waals surface area contributed by atoms with Crippen LogP contribution in [0.15, 0.2) is 65.6 Å². The molecule has 0 amide bonds. The van der Waals surface area contributed by atoms with Crippen LogP contribution in [0.3, 0.4) is 0 Å². The Labute approximate surface area is 233 Å². The van der Waals surface area contributed by atoms with Crippen molar-refractivity contribution in [3.8, 4) is 5.75 Å². The van der Waals surface area contributed by atoms with Crippen LogP contribution in [0.5, 0.6) is 5.75 Å². The number of hydrogen-bond donors (Lipinski definition) is 0. The average Bonchev–Trinajstić information content (AvgIpc) is 2.96. The van der Waals surface area contributed by atoms with Crippen LogP contribution in [0.1, 0.15) is 64.5 Å². The predicted octanol–water partition coefficient (Wildman–Crippen LogP) is 4.23. The van der Waals surface area contributed by atoms with Gasteiger partial charge in [0.2, 0.25) is 0 Å². The summed E-state index contributed by atoms with van der Waals surface area (Å²) in [6.45, 7) is -0.605. The Bertz CT molecular complexity index is 1530. The van der Waals surface area contributed by atoms with E-state index in [1.54, 1.807) is 0 Å². The Kier molecular flexibility index (Phi) is 7.20. The smallest absolute Gasteiger partial charge is 0.337 e. The standard InChI is InChI=1S/C31H30O8S/c32-29(17-37-18-30(33)39-27-13-14-28(40(34,35)36)23-10-4-3-9-22(23)27)38-16-19-15-26-20-7-1-5-11-24(20)31(19)25-12-6-2-8-21(25)26/h1-2,5-8,11-14,19,26,31H,3-4,9-10,15-18H2,(H,34,35,36)/p-1. The van der Waals surface area contributed by atoms with Gasteiger partial charge in [-0.15, -0.1) is 0 Å². The zero-order chi connectivity index (χ0) is 27.9. The fraction of sp³-hybridized carbons (Fsp3) is 0.355. The zero-order valence-corrected chi connectivity index (χ0v) is 22.7. The molecule has 9 heteroatoms. The molecule has 8 nitrogen and oxygen atoms in total. The van der Waals surface area contributed by atoms with Gasteiger partial charge in [-0.25, -0.2) is 18.0 Å². The minimum absolute atomic E-state index is 0.149. The van der Waals surface area contributed by atoms with Gasteiger partial charge in [0.25, 0.3) is 0 Å². The summed E-state index contributed by atoms with van der Waals surface area (Å²) in [5.74, 6) is -0.480. The molecule has 0 saturated heterocycles. The molecule has 0 fully saturated rings. The summed E-state index contributed by atoms with van der Waals surface area (Å²) >= 11 is 0. The zero-order valence-electron chi connectivity index (χ0n) is 21.8. The molecule has 0 aliphatic heterocycles. The van der Waals surface area contributed by atoms with E-state index >= 15 is 0 Å². The van der Waals surface area contributed by atoms with Crippen molar-refractivity contribution in [3.05, 3.63) is 94.0 Å². The second kappa shape index (κ2) is 10.8. The molecule has 40 heavy (non-hydrogen) atoms. The highest BCUT2D eigenvalue weighted by Gasteiger charge is 2.43. The topological polar surface area (TPSA) is 119 Å². The summed E-state index contributed by atoms with van der Waals surface area (Å²) in [5.41, 5.74) is 6.25. The summed E-state index contributed by atoms with van der Waals surface area (Å²) in [6, 6.07) is 19.5. The van der Waals surface area contributed by atoms with E-state index in [2.05, 4.69) is 36.4 Å². The van der Waals surface area contributed by atoms with Gasteiger partial charge in [0.1, 0.15) is 29.1 Å². The van der Waals surface area contributed by atoms with E-state index in [1.165, 1.54) is 34.4 Å². The van der Waals surface area contributed by atoms with Gasteiger partial charge in [-0.3, -0.25) is 0 Å². The van der Waals surface area contributed by atoms with Crippen molar-refractivity contribution in [2.24, 2.45) is 5.92 Å².